The Bertz CT molecular complexity index is 450. The van der Waals surface area contributed by atoms with Crippen molar-refractivity contribution in [3.63, 3.8) is 0 Å². The molecule has 106 valence electrons. The van der Waals surface area contributed by atoms with Gasteiger partial charge in [-0.15, -0.1) is 0 Å². The van der Waals surface area contributed by atoms with Crippen molar-refractivity contribution in [3.8, 4) is 0 Å². The molecule has 1 fully saturated rings. The number of benzene rings is 1. The summed E-state index contributed by atoms with van der Waals surface area (Å²) in [6, 6.07) is 6.46. The highest BCUT2D eigenvalue weighted by Crippen LogP contribution is 2.27. The van der Waals surface area contributed by atoms with Gasteiger partial charge in [-0.1, -0.05) is 36.2 Å². The van der Waals surface area contributed by atoms with Crippen LogP contribution in [0.1, 0.15) is 32.8 Å². The highest BCUT2D eigenvalue weighted by Gasteiger charge is 2.34. The molecule has 0 saturated carbocycles. The van der Waals surface area contributed by atoms with E-state index >= 15 is 0 Å². The van der Waals surface area contributed by atoms with E-state index in [-0.39, 0.29) is 5.54 Å². The van der Waals surface area contributed by atoms with Crippen molar-refractivity contribution in [2.24, 2.45) is 0 Å². The molecule has 2 rings (SSSR count). The summed E-state index contributed by atoms with van der Waals surface area (Å²) >= 11 is 12.1. The third-order valence-corrected chi connectivity index (χ3v) is 4.95. The van der Waals surface area contributed by atoms with Crippen LogP contribution in [0.2, 0.25) is 10.0 Å². The molecule has 0 aliphatic carbocycles. The van der Waals surface area contributed by atoms with E-state index in [1.54, 1.807) is 0 Å². The standard InChI is InChI=1S/C15H22Cl2N2/c1-4-15(3)10-18-11(2)8-19(15)9-12-5-6-13(16)14(17)7-12/h5-7,11,18H,4,8-10H2,1-3H3. The topological polar surface area (TPSA) is 15.3 Å². The van der Waals surface area contributed by atoms with Gasteiger partial charge in [0, 0.05) is 31.2 Å². The molecule has 1 aromatic rings. The van der Waals surface area contributed by atoms with Crippen molar-refractivity contribution in [3.05, 3.63) is 33.8 Å². The number of nitrogens with zero attached hydrogens (tertiary/aromatic N) is 1. The predicted molar refractivity (Wildman–Crippen MR) is 83.0 cm³/mol. The van der Waals surface area contributed by atoms with Gasteiger partial charge in [0.15, 0.2) is 0 Å². The lowest BCUT2D eigenvalue weighted by atomic mass is 9.92. The first-order valence-electron chi connectivity index (χ1n) is 6.87. The van der Waals surface area contributed by atoms with Crippen LogP contribution in [-0.4, -0.2) is 29.6 Å². The summed E-state index contributed by atoms with van der Waals surface area (Å²) in [7, 11) is 0. The van der Waals surface area contributed by atoms with Crippen LogP contribution >= 0.6 is 23.2 Å². The van der Waals surface area contributed by atoms with E-state index in [4.69, 9.17) is 23.2 Å². The number of rotatable bonds is 3. The monoisotopic (exact) mass is 300 g/mol. The molecule has 0 radical (unpaired) electrons. The molecular weight excluding hydrogens is 279 g/mol. The summed E-state index contributed by atoms with van der Waals surface area (Å²) < 4.78 is 0. The molecule has 1 saturated heterocycles. The summed E-state index contributed by atoms with van der Waals surface area (Å²) in [6.07, 6.45) is 1.13. The van der Waals surface area contributed by atoms with Crippen LogP contribution in [0.5, 0.6) is 0 Å². The molecule has 4 heteroatoms. The zero-order valence-corrected chi connectivity index (χ0v) is 13.4. The summed E-state index contributed by atoms with van der Waals surface area (Å²) in [5.74, 6) is 0. The number of nitrogens with one attached hydrogen (secondary N) is 1. The van der Waals surface area contributed by atoms with E-state index in [1.165, 1.54) is 5.56 Å². The van der Waals surface area contributed by atoms with Crippen LogP contribution in [0.4, 0.5) is 0 Å². The van der Waals surface area contributed by atoms with Gasteiger partial charge in [-0.05, 0) is 38.0 Å². The smallest absolute Gasteiger partial charge is 0.0595 e. The molecule has 0 amide bonds. The fourth-order valence-electron chi connectivity index (χ4n) is 2.58. The first-order chi connectivity index (χ1) is 8.94. The number of piperazine rings is 1. The Kier molecular flexibility index (Phi) is 4.78. The largest absolute Gasteiger partial charge is 0.311 e. The van der Waals surface area contributed by atoms with E-state index in [0.717, 1.165) is 26.1 Å². The SMILES string of the molecule is CCC1(C)CNC(C)CN1Cc1ccc(Cl)c(Cl)c1. The zero-order chi connectivity index (χ0) is 14.0. The Morgan fingerprint density at radius 1 is 1.37 bits per heavy atom. The molecular formula is C15H22Cl2N2. The van der Waals surface area contributed by atoms with Gasteiger partial charge in [0.1, 0.15) is 0 Å². The van der Waals surface area contributed by atoms with Crippen LogP contribution in [0.3, 0.4) is 0 Å². The van der Waals surface area contributed by atoms with Gasteiger partial charge in [0.05, 0.1) is 10.0 Å². The van der Waals surface area contributed by atoms with Crippen LogP contribution in [-0.2, 0) is 6.54 Å². The Morgan fingerprint density at radius 2 is 2.11 bits per heavy atom. The molecule has 1 N–H and O–H groups in total. The van der Waals surface area contributed by atoms with Crippen molar-refractivity contribution in [1.29, 1.82) is 0 Å². The van der Waals surface area contributed by atoms with Crippen LogP contribution < -0.4 is 5.32 Å². The van der Waals surface area contributed by atoms with Crippen molar-refractivity contribution in [1.82, 2.24) is 10.2 Å². The highest BCUT2D eigenvalue weighted by atomic mass is 35.5. The molecule has 1 heterocycles. The molecule has 2 atom stereocenters. The summed E-state index contributed by atoms with van der Waals surface area (Å²) in [6.45, 7) is 9.82. The molecule has 2 unspecified atom stereocenters. The average molecular weight is 301 g/mol. The summed E-state index contributed by atoms with van der Waals surface area (Å²) in [5, 5.41) is 4.83. The van der Waals surface area contributed by atoms with Crippen LogP contribution in [0.25, 0.3) is 0 Å². The quantitative estimate of drug-likeness (QED) is 0.909. The second kappa shape index (κ2) is 6.01. The Morgan fingerprint density at radius 3 is 2.74 bits per heavy atom. The van der Waals surface area contributed by atoms with Crippen molar-refractivity contribution < 1.29 is 0 Å². The van der Waals surface area contributed by atoms with Crippen LogP contribution in [0, 0.1) is 0 Å². The van der Waals surface area contributed by atoms with E-state index in [0.29, 0.717) is 16.1 Å². The van der Waals surface area contributed by atoms with Crippen molar-refractivity contribution in [2.75, 3.05) is 13.1 Å². The van der Waals surface area contributed by atoms with Gasteiger partial charge in [-0.2, -0.15) is 0 Å². The minimum Gasteiger partial charge on any atom is -0.311 e. The summed E-state index contributed by atoms with van der Waals surface area (Å²) in [5.41, 5.74) is 1.43. The minimum atomic E-state index is 0.207. The number of hydrogen-bond donors (Lipinski definition) is 1. The normalized spacial score (nSPS) is 28.6. The number of hydrogen-bond acceptors (Lipinski definition) is 2. The molecule has 1 aliphatic heterocycles. The second-order valence-corrected chi connectivity index (χ2v) is 6.58. The van der Waals surface area contributed by atoms with Gasteiger partial charge in [0.25, 0.3) is 0 Å². The Balaban J connectivity index is 2.16. The number of halogens is 2. The Labute approximate surface area is 126 Å². The first-order valence-corrected chi connectivity index (χ1v) is 7.62. The maximum atomic E-state index is 6.10. The van der Waals surface area contributed by atoms with Crippen molar-refractivity contribution >= 4 is 23.2 Å². The lowest BCUT2D eigenvalue weighted by molar-refractivity contribution is 0.0453. The molecule has 2 nitrogen and oxygen atoms in total. The maximum Gasteiger partial charge on any atom is 0.0595 e. The van der Waals surface area contributed by atoms with Crippen molar-refractivity contribution in [2.45, 2.75) is 45.3 Å². The third-order valence-electron chi connectivity index (χ3n) is 4.21. The molecule has 0 aromatic heterocycles. The van der Waals surface area contributed by atoms with Gasteiger partial charge in [0.2, 0.25) is 0 Å². The molecule has 1 aromatic carbocycles. The first kappa shape index (κ1) is 15.1. The molecule has 0 spiro atoms. The van der Waals surface area contributed by atoms with E-state index in [2.05, 4.69) is 37.1 Å². The predicted octanol–water partition coefficient (Wildman–Crippen LogP) is 3.96. The van der Waals surface area contributed by atoms with Gasteiger partial charge in [-0.3, -0.25) is 4.90 Å². The van der Waals surface area contributed by atoms with Crippen LogP contribution in [0.15, 0.2) is 18.2 Å². The highest BCUT2D eigenvalue weighted by molar-refractivity contribution is 6.42. The molecule has 0 bridgehead atoms. The fraction of sp³-hybridized carbons (Fsp3) is 0.600. The minimum absolute atomic E-state index is 0.207. The molecule has 1 aliphatic rings. The fourth-order valence-corrected chi connectivity index (χ4v) is 2.90. The van der Waals surface area contributed by atoms with Gasteiger partial charge >= 0.3 is 0 Å². The van der Waals surface area contributed by atoms with E-state index in [1.807, 2.05) is 12.1 Å². The van der Waals surface area contributed by atoms with E-state index in [9.17, 15) is 0 Å². The lowest BCUT2D eigenvalue weighted by Gasteiger charge is -2.47. The average Bonchev–Trinajstić information content (AvgIpc) is 2.38. The lowest BCUT2D eigenvalue weighted by Crippen LogP contribution is -2.61. The Hall–Kier alpha value is -0.280. The second-order valence-electron chi connectivity index (χ2n) is 5.76. The summed E-state index contributed by atoms with van der Waals surface area (Å²) in [4.78, 5) is 2.55. The maximum absolute atomic E-state index is 6.10. The van der Waals surface area contributed by atoms with Gasteiger partial charge in [-0.25, -0.2) is 0 Å². The van der Waals surface area contributed by atoms with Gasteiger partial charge < -0.3 is 5.32 Å². The molecule has 19 heavy (non-hydrogen) atoms. The van der Waals surface area contributed by atoms with E-state index < -0.39 is 0 Å². The third kappa shape index (κ3) is 3.43. The zero-order valence-electron chi connectivity index (χ0n) is 11.8.